The first kappa shape index (κ1) is 20.3. The summed E-state index contributed by atoms with van der Waals surface area (Å²) >= 11 is 4.85. The summed E-state index contributed by atoms with van der Waals surface area (Å²) in [6.45, 7) is 3.31. The summed E-state index contributed by atoms with van der Waals surface area (Å²) in [7, 11) is 1.71. The van der Waals surface area contributed by atoms with Crippen molar-refractivity contribution < 1.29 is 4.39 Å². The number of guanidine groups is 1. The van der Waals surface area contributed by atoms with Crippen LogP contribution in [0.5, 0.6) is 0 Å². The highest BCUT2D eigenvalue weighted by Crippen LogP contribution is 2.16. The molecule has 1 aromatic heterocycles. The highest BCUT2D eigenvalue weighted by atomic mass is 127. The highest BCUT2D eigenvalue weighted by Gasteiger charge is 2.03. The number of aliphatic imine (C=N–C) groups is 1. The van der Waals surface area contributed by atoms with Gasteiger partial charge in [-0.1, -0.05) is 6.07 Å². The van der Waals surface area contributed by atoms with Crippen LogP contribution in [0.15, 0.2) is 33.9 Å². The third kappa shape index (κ3) is 6.72. The van der Waals surface area contributed by atoms with Crippen LogP contribution in [-0.2, 0) is 13.0 Å². The van der Waals surface area contributed by atoms with E-state index in [2.05, 4.69) is 36.5 Å². The van der Waals surface area contributed by atoms with Crippen LogP contribution in [0.4, 0.5) is 4.39 Å². The van der Waals surface area contributed by atoms with Gasteiger partial charge in [-0.05, 0) is 40.5 Å². The van der Waals surface area contributed by atoms with E-state index in [1.54, 1.807) is 24.5 Å². The van der Waals surface area contributed by atoms with E-state index in [4.69, 9.17) is 0 Å². The van der Waals surface area contributed by atoms with E-state index >= 15 is 0 Å². The Morgan fingerprint density at radius 1 is 1.39 bits per heavy atom. The first-order valence-electron chi connectivity index (χ1n) is 6.88. The molecule has 0 atom stereocenters. The van der Waals surface area contributed by atoms with E-state index in [-0.39, 0.29) is 29.8 Å². The molecular weight excluding hydrogens is 494 g/mol. The molecule has 0 aliphatic rings. The van der Waals surface area contributed by atoms with Gasteiger partial charge < -0.3 is 10.6 Å². The van der Waals surface area contributed by atoms with Crippen molar-refractivity contribution in [3.05, 3.63) is 50.1 Å². The van der Waals surface area contributed by atoms with Crippen molar-refractivity contribution in [1.82, 2.24) is 15.6 Å². The second kappa shape index (κ2) is 10.2. The first-order chi connectivity index (χ1) is 10.6. The normalized spacial score (nSPS) is 11.0. The summed E-state index contributed by atoms with van der Waals surface area (Å²) in [5.74, 6) is 0.429. The smallest absolute Gasteiger partial charge is 0.191 e. The lowest BCUT2D eigenvalue weighted by Crippen LogP contribution is -2.37. The van der Waals surface area contributed by atoms with Crippen molar-refractivity contribution in [3.8, 4) is 0 Å². The summed E-state index contributed by atoms with van der Waals surface area (Å²) in [5, 5.41) is 7.50. The Morgan fingerprint density at radius 3 is 2.78 bits per heavy atom. The molecule has 0 bridgehead atoms. The Balaban J connectivity index is 0.00000264. The average molecular weight is 513 g/mol. The fourth-order valence-electron chi connectivity index (χ4n) is 1.86. The van der Waals surface area contributed by atoms with Crippen LogP contribution in [0.2, 0.25) is 0 Å². The van der Waals surface area contributed by atoms with Gasteiger partial charge in [-0.25, -0.2) is 9.37 Å². The van der Waals surface area contributed by atoms with E-state index in [1.165, 1.54) is 10.9 Å². The first-order valence-corrected chi connectivity index (χ1v) is 8.49. The molecule has 0 spiro atoms. The topological polar surface area (TPSA) is 49.3 Å². The van der Waals surface area contributed by atoms with Crippen molar-refractivity contribution in [3.63, 3.8) is 0 Å². The molecule has 0 fully saturated rings. The Hall–Kier alpha value is -0.740. The molecule has 126 valence electrons. The van der Waals surface area contributed by atoms with Gasteiger partial charge in [-0.15, -0.1) is 35.3 Å². The zero-order valence-corrected chi connectivity index (χ0v) is 17.6. The number of halogens is 3. The molecule has 0 aliphatic carbocycles. The molecule has 2 rings (SSSR count). The zero-order chi connectivity index (χ0) is 15.9. The zero-order valence-electron chi connectivity index (χ0n) is 12.9. The summed E-state index contributed by atoms with van der Waals surface area (Å²) in [6.07, 6.45) is 2.74. The molecule has 0 amide bonds. The summed E-state index contributed by atoms with van der Waals surface area (Å²) in [5.41, 5.74) is 0.860. The highest BCUT2D eigenvalue weighted by molar-refractivity contribution is 14.0. The van der Waals surface area contributed by atoms with E-state index in [9.17, 15) is 4.39 Å². The van der Waals surface area contributed by atoms with Crippen LogP contribution in [0, 0.1) is 12.7 Å². The number of thiazole rings is 1. The lowest BCUT2D eigenvalue weighted by Gasteiger charge is -2.11. The Labute approximate surface area is 165 Å². The summed E-state index contributed by atoms with van der Waals surface area (Å²) < 4.78 is 13.9. The number of nitrogens with zero attached hydrogens (tertiary/aromatic N) is 2. The van der Waals surface area contributed by atoms with Crippen LogP contribution < -0.4 is 10.6 Å². The molecule has 0 unspecified atom stereocenters. The van der Waals surface area contributed by atoms with E-state index in [1.807, 2.05) is 19.2 Å². The molecule has 2 aromatic rings. The van der Waals surface area contributed by atoms with E-state index in [0.29, 0.717) is 17.0 Å². The number of aromatic nitrogens is 1. The van der Waals surface area contributed by atoms with Crippen molar-refractivity contribution in [2.75, 3.05) is 13.6 Å². The van der Waals surface area contributed by atoms with Gasteiger partial charge in [0.05, 0.1) is 9.48 Å². The summed E-state index contributed by atoms with van der Waals surface area (Å²) in [6, 6.07) is 5.07. The van der Waals surface area contributed by atoms with E-state index in [0.717, 1.165) is 23.5 Å². The van der Waals surface area contributed by atoms with Crippen LogP contribution >= 0.6 is 51.2 Å². The largest absolute Gasteiger partial charge is 0.356 e. The minimum Gasteiger partial charge on any atom is -0.356 e. The quantitative estimate of drug-likeness (QED) is 0.363. The Morgan fingerprint density at radius 2 is 2.17 bits per heavy atom. The number of benzene rings is 1. The van der Waals surface area contributed by atoms with Gasteiger partial charge in [0.1, 0.15) is 5.82 Å². The van der Waals surface area contributed by atoms with Crippen LogP contribution in [-0.4, -0.2) is 24.5 Å². The molecular formula is C15H19BrFIN4S. The molecule has 0 saturated heterocycles. The van der Waals surface area contributed by atoms with Crippen molar-refractivity contribution in [1.29, 1.82) is 0 Å². The van der Waals surface area contributed by atoms with E-state index < -0.39 is 0 Å². The number of hydrogen-bond acceptors (Lipinski definition) is 3. The van der Waals surface area contributed by atoms with Crippen molar-refractivity contribution in [2.45, 2.75) is 19.9 Å². The standard InChI is InChI=1S/C15H18BrFN4S.HI/c1-10-8-20-14(22-10)5-6-19-15(18-2)21-9-11-3-4-12(16)13(17)7-11;/h3-4,7-8H,5-6,9H2,1-2H3,(H2,18,19,21);1H. The number of aryl methyl sites for hydroxylation is 1. The van der Waals surface area contributed by atoms with Crippen LogP contribution in [0.3, 0.4) is 0 Å². The molecule has 4 nitrogen and oxygen atoms in total. The number of nitrogens with one attached hydrogen (secondary N) is 2. The average Bonchev–Trinajstić information content (AvgIpc) is 2.91. The minimum absolute atomic E-state index is 0. The fraction of sp³-hybridized carbons (Fsp3) is 0.333. The number of rotatable bonds is 5. The molecule has 23 heavy (non-hydrogen) atoms. The minimum atomic E-state index is -0.263. The van der Waals surface area contributed by atoms with Gasteiger partial charge in [-0.2, -0.15) is 0 Å². The Bertz CT molecular complexity index is 663. The van der Waals surface area contributed by atoms with Gasteiger partial charge in [-0.3, -0.25) is 4.99 Å². The predicted molar refractivity (Wildman–Crippen MR) is 108 cm³/mol. The monoisotopic (exact) mass is 512 g/mol. The maximum absolute atomic E-state index is 13.5. The van der Waals surface area contributed by atoms with Crippen LogP contribution in [0.1, 0.15) is 15.4 Å². The molecule has 0 saturated carbocycles. The maximum Gasteiger partial charge on any atom is 0.191 e. The molecule has 0 radical (unpaired) electrons. The second-order valence-corrected chi connectivity index (χ2v) is 6.89. The van der Waals surface area contributed by atoms with Crippen LogP contribution in [0.25, 0.3) is 0 Å². The van der Waals surface area contributed by atoms with Gasteiger partial charge in [0.25, 0.3) is 0 Å². The van der Waals surface area contributed by atoms with Crippen molar-refractivity contribution >= 4 is 57.2 Å². The van der Waals surface area contributed by atoms with Crippen molar-refractivity contribution in [2.24, 2.45) is 4.99 Å². The third-order valence-electron chi connectivity index (χ3n) is 2.97. The molecule has 0 aliphatic heterocycles. The lowest BCUT2D eigenvalue weighted by atomic mass is 10.2. The predicted octanol–water partition coefficient (Wildman–Crippen LogP) is 3.88. The van der Waals surface area contributed by atoms with Gasteiger partial charge >= 0.3 is 0 Å². The fourth-order valence-corrected chi connectivity index (χ4v) is 2.89. The summed E-state index contributed by atoms with van der Waals surface area (Å²) in [4.78, 5) is 9.69. The van der Waals surface area contributed by atoms with Gasteiger partial charge in [0.15, 0.2) is 5.96 Å². The Kier molecular flexibility index (Phi) is 9.00. The SMILES string of the molecule is CN=C(NCCc1ncc(C)s1)NCc1ccc(Br)c(F)c1.I. The molecule has 1 aromatic carbocycles. The second-order valence-electron chi connectivity index (χ2n) is 4.72. The van der Waals surface area contributed by atoms with Gasteiger partial charge in [0, 0.05) is 37.6 Å². The third-order valence-corrected chi connectivity index (χ3v) is 4.58. The molecule has 8 heteroatoms. The maximum atomic E-state index is 13.5. The number of hydrogen-bond donors (Lipinski definition) is 2. The molecule has 1 heterocycles. The molecule has 2 N–H and O–H groups in total. The lowest BCUT2D eigenvalue weighted by molar-refractivity contribution is 0.617. The van der Waals surface area contributed by atoms with Gasteiger partial charge in [0.2, 0.25) is 0 Å².